The maximum atomic E-state index is 11.5. The summed E-state index contributed by atoms with van der Waals surface area (Å²) in [5.41, 5.74) is 1.07. The number of ether oxygens (including phenoxy) is 1. The zero-order chi connectivity index (χ0) is 15.8. The second-order valence-corrected chi connectivity index (χ2v) is 6.19. The Morgan fingerprint density at radius 2 is 1.59 bits per heavy atom. The van der Waals surface area contributed by atoms with E-state index in [0.29, 0.717) is 12.8 Å². The van der Waals surface area contributed by atoms with Crippen LogP contribution < -0.4 is 4.74 Å². The van der Waals surface area contributed by atoms with E-state index in [2.05, 4.69) is 6.92 Å². The molecule has 1 aromatic carbocycles. The van der Waals surface area contributed by atoms with Crippen molar-refractivity contribution in [3.8, 4) is 5.75 Å². The normalized spacial score (nSPS) is 16.0. The Morgan fingerprint density at radius 3 is 2.23 bits per heavy atom. The van der Waals surface area contributed by atoms with Crippen LogP contribution in [0.15, 0.2) is 24.3 Å². The lowest BCUT2D eigenvalue weighted by Crippen LogP contribution is -2.21. The van der Waals surface area contributed by atoms with E-state index in [1.165, 1.54) is 25.7 Å². The highest BCUT2D eigenvalue weighted by Gasteiger charge is 2.26. The standard InChI is InChI=1S/C19H26O3/c1-2-3-4-5-6-11-22-19-9-7-15(8-10-19)16-12-17(20)14-18(21)13-16/h7-10,16H,2-6,11-14H2,1H3. The molecule has 1 fully saturated rings. The first-order valence-electron chi connectivity index (χ1n) is 8.45. The molecule has 0 bridgehead atoms. The molecular formula is C19H26O3. The molecule has 0 N–H and O–H groups in total. The molecule has 120 valence electrons. The van der Waals surface area contributed by atoms with E-state index < -0.39 is 0 Å². The van der Waals surface area contributed by atoms with E-state index in [0.717, 1.165) is 24.3 Å². The summed E-state index contributed by atoms with van der Waals surface area (Å²) in [5, 5.41) is 0. The monoisotopic (exact) mass is 302 g/mol. The second kappa shape index (κ2) is 8.72. The van der Waals surface area contributed by atoms with Gasteiger partial charge in [0.15, 0.2) is 0 Å². The lowest BCUT2D eigenvalue weighted by molar-refractivity contribution is -0.130. The van der Waals surface area contributed by atoms with Crippen molar-refractivity contribution in [2.24, 2.45) is 0 Å². The van der Waals surface area contributed by atoms with Crippen molar-refractivity contribution < 1.29 is 14.3 Å². The Labute approximate surface area is 133 Å². The molecule has 0 aromatic heterocycles. The Morgan fingerprint density at radius 1 is 0.955 bits per heavy atom. The van der Waals surface area contributed by atoms with E-state index in [1.807, 2.05) is 24.3 Å². The molecule has 3 heteroatoms. The summed E-state index contributed by atoms with van der Waals surface area (Å²) in [5.74, 6) is 1.05. The van der Waals surface area contributed by atoms with Gasteiger partial charge in [-0.15, -0.1) is 0 Å². The number of unbranched alkanes of at least 4 members (excludes halogenated alkanes) is 4. The molecule has 2 rings (SSSR count). The first-order chi connectivity index (χ1) is 10.7. The first kappa shape index (κ1) is 16.7. The van der Waals surface area contributed by atoms with E-state index in [1.54, 1.807) is 0 Å². The van der Waals surface area contributed by atoms with Gasteiger partial charge in [0.05, 0.1) is 13.0 Å². The third-order valence-electron chi connectivity index (χ3n) is 4.21. The number of carbonyl (C=O) groups is 2. The van der Waals surface area contributed by atoms with Crippen molar-refractivity contribution in [3.63, 3.8) is 0 Å². The Kier molecular flexibility index (Phi) is 6.63. The van der Waals surface area contributed by atoms with Gasteiger partial charge in [0.2, 0.25) is 0 Å². The fraction of sp³-hybridized carbons (Fsp3) is 0.579. The van der Waals surface area contributed by atoms with Crippen LogP contribution in [0.25, 0.3) is 0 Å². The third-order valence-corrected chi connectivity index (χ3v) is 4.21. The molecule has 0 unspecified atom stereocenters. The molecule has 1 saturated carbocycles. The summed E-state index contributed by atoms with van der Waals surface area (Å²) in [6, 6.07) is 7.88. The van der Waals surface area contributed by atoms with Gasteiger partial charge in [-0.2, -0.15) is 0 Å². The van der Waals surface area contributed by atoms with Crippen molar-refractivity contribution in [1.82, 2.24) is 0 Å². The molecule has 0 radical (unpaired) electrons. The fourth-order valence-electron chi connectivity index (χ4n) is 2.95. The van der Waals surface area contributed by atoms with Crippen LogP contribution in [-0.4, -0.2) is 18.2 Å². The summed E-state index contributed by atoms with van der Waals surface area (Å²) in [6.45, 7) is 2.97. The van der Waals surface area contributed by atoms with E-state index >= 15 is 0 Å². The zero-order valence-corrected chi connectivity index (χ0v) is 13.5. The van der Waals surface area contributed by atoms with Crippen molar-refractivity contribution in [1.29, 1.82) is 0 Å². The summed E-state index contributed by atoms with van der Waals surface area (Å²) in [7, 11) is 0. The van der Waals surface area contributed by atoms with Crippen LogP contribution >= 0.6 is 0 Å². The summed E-state index contributed by atoms with van der Waals surface area (Å²) in [6.07, 6.45) is 7.25. The molecule has 0 amide bonds. The van der Waals surface area contributed by atoms with Gasteiger partial charge >= 0.3 is 0 Å². The van der Waals surface area contributed by atoms with Gasteiger partial charge in [-0.05, 0) is 30.0 Å². The maximum absolute atomic E-state index is 11.5. The molecule has 1 aliphatic rings. The molecule has 22 heavy (non-hydrogen) atoms. The highest BCUT2D eigenvalue weighted by atomic mass is 16.5. The number of benzene rings is 1. The van der Waals surface area contributed by atoms with Gasteiger partial charge in [-0.1, -0.05) is 44.7 Å². The molecule has 0 atom stereocenters. The molecule has 0 spiro atoms. The average Bonchev–Trinajstić information content (AvgIpc) is 2.50. The minimum Gasteiger partial charge on any atom is -0.494 e. The van der Waals surface area contributed by atoms with Crippen LogP contribution in [0.4, 0.5) is 0 Å². The average molecular weight is 302 g/mol. The highest BCUT2D eigenvalue weighted by Crippen LogP contribution is 2.30. The van der Waals surface area contributed by atoms with Gasteiger partial charge in [-0.25, -0.2) is 0 Å². The van der Waals surface area contributed by atoms with Gasteiger partial charge in [-0.3, -0.25) is 9.59 Å². The van der Waals surface area contributed by atoms with Crippen LogP contribution in [0.1, 0.15) is 69.8 Å². The summed E-state index contributed by atoms with van der Waals surface area (Å²) < 4.78 is 5.74. The van der Waals surface area contributed by atoms with Crippen molar-refractivity contribution >= 4 is 11.6 Å². The fourth-order valence-corrected chi connectivity index (χ4v) is 2.95. The first-order valence-corrected chi connectivity index (χ1v) is 8.45. The van der Waals surface area contributed by atoms with Crippen LogP contribution in [-0.2, 0) is 9.59 Å². The second-order valence-electron chi connectivity index (χ2n) is 6.19. The minimum absolute atomic E-state index is 0.0526. The molecular weight excluding hydrogens is 276 g/mol. The predicted molar refractivity (Wildman–Crippen MR) is 87.3 cm³/mol. The van der Waals surface area contributed by atoms with Gasteiger partial charge in [0.1, 0.15) is 17.3 Å². The van der Waals surface area contributed by atoms with Crippen LogP contribution in [0.2, 0.25) is 0 Å². The predicted octanol–water partition coefficient (Wildman–Crippen LogP) is 4.44. The van der Waals surface area contributed by atoms with E-state index in [9.17, 15) is 9.59 Å². The van der Waals surface area contributed by atoms with Gasteiger partial charge in [0.25, 0.3) is 0 Å². The number of carbonyl (C=O) groups excluding carboxylic acids is 2. The molecule has 1 aromatic rings. The Hall–Kier alpha value is -1.64. The van der Waals surface area contributed by atoms with E-state index in [4.69, 9.17) is 4.74 Å². The number of hydrogen-bond acceptors (Lipinski definition) is 3. The van der Waals surface area contributed by atoms with Crippen molar-refractivity contribution in [2.75, 3.05) is 6.61 Å². The summed E-state index contributed by atoms with van der Waals surface area (Å²) >= 11 is 0. The number of Topliss-reactive ketones (excluding diaryl/α,β-unsaturated/α-hetero) is 2. The quantitative estimate of drug-likeness (QED) is 0.526. The smallest absolute Gasteiger partial charge is 0.140 e. The Bertz CT molecular complexity index is 474. The summed E-state index contributed by atoms with van der Waals surface area (Å²) in [4.78, 5) is 23.1. The van der Waals surface area contributed by atoms with Crippen LogP contribution in [0.3, 0.4) is 0 Å². The zero-order valence-electron chi connectivity index (χ0n) is 13.5. The Balaban J connectivity index is 1.77. The largest absolute Gasteiger partial charge is 0.494 e. The highest BCUT2D eigenvalue weighted by molar-refractivity contribution is 6.02. The SMILES string of the molecule is CCCCCCCOc1ccc(C2CC(=O)CC(=O)C2)cc1. The molecule has 3 nitrogen and oxygen atoms in total. The van der Waals surface area contributed by atoms with Crippen LogP contribution in [0.5, 0.6) is 5.75 Å². The number of hydrogen-bond donors (Lipinski definition) is 0. The molecule has 0 saturated heterocycles. The molecule has 1 aliphatic carbocycles. The van der Waals surface area contributed by atoms with Crippen molar-refractivity contribution in [3.05, 3.63) is 29.8 Å². The molecule has 0 heterocycles. The van der Waals surface area contributed by atoms with Crippen molar-refractivity contribution in [2.45, 2.75) is 64.2 Å². The number of ketones is 2. The van der Waals surface area contributed by atoms with Gasteiger partial charge < -0.3 is 4.74 Å². The molecule has 0 aliphatic heterocycles. The maximum Gasteiger partial charge on any atom is 0.140 e. The van der Waals surface area contributed by atoms with Gasteiger partial charge in [0, 0.05) is 12.8 Å². The van der Waals surface area contributed by atoms with Crippen LogP contribution in [0, 0.1) is 0 Å². The minimum atomic E-state index is 0.0526. The lowest BCUT2D eigenvalue weighted by Gasteiger charge is -2.20. The third kappa shape index (κ3) is 5.28. The van der Waals surface area contributed by atoms with E-state index in [-0.39, 0.29) is 23.9 Å². The number of rotatable bonds is 8. The topological polar surface area (TPSA) is 43.4 Å². The lowest BCUT2D eigenvalue weighted by atomic mass is 9.83.